The SMILES string of the molecule is O=C(Nc1cccc(-c2nc3ccccc3s2)c1)c1cc(N2CCOCC2)ccn1. The second kappa shape index (κ2) is 8.22. The van der Waals surface area contributed by atoms with Crippen LogP contribution >= 0.6 is 11.3 Å². The second-order valence-corrected chi connectivity index (χ2v) is 8.05. The monoisotopic (exact) mass is 416 g/mol. The zero-order valence-electron chi connectivity index (χ0n) is 16.2. The van der Waals surface area contributed by atoms with E-state index in [0.717, 1.165) is 45.3 Å². The van der Waals surface area contributed by atoms with Gasteiger partial charge in [-0.15, -0.1) is 11.3 Å². The van der Waals surface area contributed by atoms with Gasteiger partial charge >= 0.3 is 0 Å². The fourth-order valence-electron chi connectivity index (χ4n) is 3.48. The fourth-order valence-corrected chi connectivity index (χ4v) is 4.44. The molecule has 3 heterocycles. The first-order valence-electron chi connectivity index (χ1n) is 9.82. The number of morpholine rings is 1. The molecule has 0 atom stereocenters. The van der Waals surface area contributed by atoms with Crippen LogP contribution in [0.4, 0.5) is 11.4 Å². The van der Waals surface area contributed by atoms with Crippen molar-refractivity contribution in [1.82, 2.24) is 9.97 Å². The van der Waals surface area contributed by atoms with Crippen molar-refractivity contribution in [1.29, 1.82) is 0 Å². The van der Waals surface area contributed by atoms with Gasteiger partial charge in [0.05, 0.1) is 23.4 Å². The Balaban J connectivity index is 1.36. The van der Waals surface area contributed by atoms with Gasteiger partial charge in [0.2, 0.25) is 0 Å². The lowest BCUT2D eigenvalue weighted by molar-refractivity contribution is 0.102. The lowest BCUT2D eigenvalue weighted by atomic mass is 10.2. The third-order valence-corrected chi connectivity index (χ3v) is 6.10. The quantitative estimate of drug-likeness (QED) is 0.532. The van der Waals surface area contributed by atoms with Crippen LogP contribution in [-0.4, -0.2) is 42.2 Å². The molecule has 1 saturated heterocycles. The number of carbonyl (C=O) groups excluding carboxylic acids is 1. The highest BCUT2D eigenvalue weighted by Crippen LogP contribution is 2.31. The summed E-state index contributed by atoms with van der Waals surface area (Å²) < 4.78 is 6.55. The molecule has 2 aromatic carbocycles. The molecule has 0 spiro atoms. The van der Waals surface area contributed by atoms with E-state index in [4.69, 9.17) is 9.72 Å². The van der Waals surface area contributed by atoms with Crippen molar-refractivity contribution in [2.45, 2.75) is 0 Å². The zero-order valence-corrected chi connectivity index (χ0v) is 17.1. The highest BCUT2D eigenvalue weighted by molar-refractivity contribution is 7.21. The van der Waals surface area contributed by atoms with E-state index >= 15 is 0 Å². The zero-order chi connectivity index (χ0) is 20.3. The maximum Gasteiger partial charge on any atom is 0.274 e. The Morgan fingerprint density at radius 2 is 1.90 bits per heavy atom. The van der Waals surface area contributed by atoms with E-state index < -0.39 is 0 Å². The van der Waals surface area contributed by atoms with Crippen LogP contribution in [-0.2, 0) is 4.74 Å². The molecule has 0 aliphatic carbocycles. The third kappa shape index (κ3) is 3.90. The second-order valence-electron chi connectivity index (χ2n) is 7.02. The predicted octanol–water partition coefficient (Wildman–Crippen LogP) is 4.45. The van der Waals surface area contributed by atoms with Gasteiger partial charge in [0.15, 0.2) is 0 Å². The molecule has 5 rings (SSSR count). The lowest BCUT2D eigenvalue weighted by Crippen LogP contribution is -2.36. The summed E-state index contributed by atoms with van der Waals surface area (Å²) in [5.74, 6) is -0.230. The van der Waals surface area contributed by atoms with Crippen molar-refractivity contribution in [3.05, 3.63) is 72.6 Å². The first-order chi connectivity index (χ1) is 14.8. The van der Waals surface area contributed by atoms with Crippen molar-refractivity contribution in [3.8, 4) is 10.6 Å². The van der Waals surface area contributed by atoms with E-state index in [-0.39, 0.29) is 5.91 Å². The van der Waals surface area contributed by atoms with E-state index in [0.29, 0.717) is 18.9 Å². The molecule has 0 unspecified atom stereocenters. The van der Waals surface area contributed by atoms with Crippen molar-refractivity contribution >= 4 is 38.8 Å². The maximum atomic E-state index is 12.8. The number of rotatable bonds is 4. The summed E-state index contributed by atoms with van der Waals surface area (Å²) in [5, 5.41) is 3.89. The van der Waals surface area contributed by atoms with E-state index in [1.54, 1.807) is 17.5 Å². The summed E-state index contributed by atoms with van der Waals surface area (Å²) in [6.07, 6.45) is 1.68. The van der Waals surface area contributed by atoms with Gasteiger partial charge in [0, 0.05) is 36.2 Å². The Hall–Kier alpha value is -3.29. The Kier molecular flexibility index (Phi) is 5.13. The van der Waals surface area contributed by atoms with Crippen LogP contribution in [0.2, 0.25) is 0 Å². The number of pyridine rings is 1. The van der Waals surface area contributed by atoms with Crippen molar-refractivity contribution < 1.29 is 9.53 Å². The van der Waals surface area contributed by atoms with E-state index in [2.05, 4.69) is 21.3 Å². The summed E-state index contributed by atoms with van der Waals surface area (Å²) in [5.41, 5.74) is 4.06. The summed E-state index contributed by atoms with van der Waals surface area (Å²) in [7, 11) is 0. The van der Waals surface area contributed by atoms with Gasteiger partial charge in [-0.25, -0.2) is 4.98 Å². The van der Waals surface area contributed by atoms with Crippen LogP contribution in [0.1, 0.15) is 10.5 Å². The number of carbonyl (C=O) groups is 1. The van der Waals surface area contributed by atoms with Crippen LogP contribution in [0.15, 0.2) is 66.9 Å². The molecule has 1 fully saturated rings. The van der Waals surface area contributed by atoms with Gasteiger partial charge in [0.25, 0.3) is 5.91 Å². The summed E-state index contributed by atoms with van der Waals surface area (Å²) in [6.45, 7) is 3.02. The Bertz CT molecular complexity index is 1170. The minimum absolute atomic E-state index is 0.230. The smallest absolute Gasteiger partial charge is 0.274 e. The van der Waals surface area contributed by atoms with Crippen LogP contribution in [0.3, 0.4) is 0 Å². The molecule has 0 radical (unpaired) electrons. The summed E-state index contributed by atoms with van der Waals surface area (Å²) in [4.78, 5) is 24.0. The number of aromatic nitrogens is 2. The van der Waals surface area contributed by atoms with E-state index in [1.165, 1.54) is 0 Å². The van der Waals surface area contributed by atoms with Crippen LogP contribution in [0, 0.1) is 0 Å². The van der Waals surface area contributed by atoms with Gasteiger partial charge in [-0.2, -0.15) is 0 Å². The third-order valence-electron chi connectivity index (χ3n) is 5.01. The fraction of sp³-hybridized carbons (Fsp3) is 0.174. The maximum absolute atomic E-state index is 12.8. The van der Waals surface area contributed by atoms with Crippen molar-refractivity contribution in [2.75, 3.05) is 36.5 Å². The predicted molar refractivity (Wildman–Crippen MR) is 120 cm³/mol. The highest BCUT2D eigenvalue weighted by atomic mass is 32.1. The highest BCUT2D eigenvalue weighted by Gasteiger charge is 2.15. The number of hydrogen-bond acceptors (Lipinski definition) is 6. The van der Waals surface area contributed by atoms with E-state index in [1.807, 2.05) is 54.6 Å². The molecule has 0 saturated carbocycles. The first-order valence-corrected chi connectivity index (χ1v) is 10.6. The number of benzene rings is 2. The van der Waals surface area contributed by atoms with Crippen molar-refractivity contribution in [3.63, 3.8) is 0 Å². The minimum Gasteiger partial charge on any atom is -0.378 e. The number of ether oxygens (including phenoxy) is 1. The number of fused-ring (bicyclic) bond motifs is 1. The Morgan fingerprint density at radius 1 is 1.03 bits per heavy atom. The Morgan fingerprint density at radius 3 is 2.77 bits per heavy atom. The van der Waals surface area contributed by atoms with Crippen LogP contribution in [0.5, 0.6) is 0 Å². The molecular formula is C23H20N4O2S. The molecule has 1 amide bonds. The van der Waals surface area contributed by atoms with Gasteiger partial charge in [-0.05, 0) is 36.4 Å². The van der Waals surface area contributed by atoms with Gasteiger partial charge in [-0.1, -0.05) is 24.3 Å². The Labute approximate surface area is 178 Å². The molecule has 150 valence electrons. The summed E-state index contributed by atoms with van der Waals surface area (Å²) >= 11 is 1.64. The van der Waals surface area contributed by atoms with E-state index in [9.17, 15) is 4.79 Å². The molecule has 30 heavy (non-hydrogen) atoms. The number of para-hydroxylation sites is 1. The largest absolute Gasteiger partial charge is 0.378 e. The van der Waals surface area contributed by atoms with Crippen LogP contribution < -0.4 is 10.2 Å². The molecule has 0 bridgehead atoms. The number of nitrogens with one attached hydrogen (secondary N) is 1. The topological polar surface area (TPSA) is 67.4 Å². The van der Waals surface area contributed by atoms with Gasteiger partial charge in [0.1, 0.15) is 10.7 Å². The molecular weight excluding hydrogens is 396 g/mol. The lowest BCUT2D eigenvalue weighted by Gasteiger charge is -2.28. The standard InChI is InChI=1S/C23H20N4O2S/c28-22(20-15-18(8-9-24-20)27-10-12-29-13-11-27)25-17-5-3-4-16(14-17)23-26-19-6-1-2-7-21(19)30-23/h1-9,14-15H,10-13H2,(H,25,28). The van der Waals surface area contributed by atoms with Gasteiger partial charge < -0.3 is 15.0 Å². The summed E-state index contributed by atoms with van der Waals surface area (Å²) in [6, 6.07) is 19.6. The van der Waals surface area contributed by atoms with Crippen molar-refractivity contribution in [2.24, 2.45) is 0 Å². The molecule has 1 aliphatic rings. The molecule has 1 N–H and O–H groups in total. The average Bonchev–Trinajstić information content (AvgIpc) is 3.24. The molecule has 6 nitrogen and oxygen atoms in total. The number of hydrogen-bond donors (Lipinski definition) is 1. The van der Waals surface area contributed by atoms with Crippen LogP contribution in [0.25, 0.3) is 20.8 Å². The molecule has 7 heteroatoms. The number of thiazole rings is 1. The molecule has 2 aromatic heterocycles. The normalized spacial score (nSPS) is 14.1. The number of nitrogens with zero attached hydrogens (tertiary/aromatic N) is 3. The molecule has 4 aromatic rings. The number of anilines is 2. The number of amides is 1. The van der Waals surface area contributed by atoms with Gasteiger partial charge in [-0.3, -0.25) is 9.78 Å². The molecule has 1 aliphatic heterocycles. The first kappa shape index (κ1) is 18.7. The minimum atomic E-state index is -0.230. The average molecular weight is 417 g/mol.